The number of carboxylic acids is 1. The quantitative estimate of drug-likeness (QED) is 0.0224. The number of ether oxygens (including phenoxy) is 3. The molecule has 0 amide bonds. The van der Waals surface area contributed by atoms with Gasteiger partial charge in [0.15, 0.2) is 6.10 Å². The highest BCUT2D eigenvalue weighted by molar-refractivity contribution is 5.70. The van der Waals surface area contributed by atoms with E-state index in [2.05, 4.69) is 56.4 Å². The highest BCUT2D eigenvalue weighted by Crippen LogP contribution is 2.11. The molecule has 0 bridgehead atoms. The van der Waals surface area contributed by atoms with Gasteiger partial charge >= 0.3 is 11.9 Å². The van der Waals surface area contributed by atoms with Gasteiger partial charge in [0.1, 0.15) is 12.6 Å². The number of carbonyl (C=O) groups excluding carboxylic acids is 3. The summed E-state index contributed by atoms with van der Waals surface area (Å²) in [5.74, 6) is -1.84. The van der Waals surface area contributed by atoms with Crippen molar-refractivity contribution in [3.63, 3.8) is 0 Å². The van der Waals surface area contributed by atoms with Crippen LogP contribution in [0.1, 0.15) is 142 Å². The first-order chi connectivity index (χ1) is 23.6. The molecule has 8 nitrogen and oxygen atoms in total. The third-order valence-electron chi connectivity index (χ3n) is 8.26. The molecule has 0 saturated carbocycles. The number of hydrogen-bond acceptors (Lipinski definition) is 7. The number of allylic oxidation sites excluding steroid dienone is 8. The molecule has 2 atom stereocenters. The lowest BCUT2D eigenvalue weighted by Crippen LogP contribution is -2.55. The SMILES string of the molecule is CCCCC/C=C/CCC(=O)OCC(COCCC(C(=O)[O-])[N+](C)(C)C)OC(=O)CCCCCCC/C=C/C=C/C=C/CCCCCCC. The van der Waals surface area contributed by atoms with Gasteiger partial charge in [-0.1, -0.05) is 120 Å². The van der Waals surface area contributed by atoms with Gasteiger partial charge in [-0.2, -0.15) is 0 Å². The Morgan fingerprint density at radius 2 is 1.14 bits per heavy atom. The van der Waals surface area contributed by atoms with Crippen molar-refractivity contribution in [2.75, 3.05) is 41.0 Å². The van der Waals surface area contributed by atoms with Crippen LogP contribution in [-0.4, -0.2) is 75.5 Å². The number of nitrogens with zero attached hydrogens (tertiary/aromatic N) is 1. The number of esters is 2. The molecule has 49 heavy (non-hydrogen) atoms. The van der Waals surface area contributed by atoms with E-state index < -0.39 is 18.1 Å². The van der Waals surface area contributed by atoms with Crippen LogP contribution in [0.15, 0.2) is 48.6 Å². The minimum atomic E-state index is -1.14. The van der Waals surface area contributed by atoms with Crippen LogP contribution in [0.2, 0.25) is 0 Å². The number of aliphatic carboxylic acids is 1. The Morgan fingerprint density at radius 3 is 1.76 bits per heavy atom. The zero-order valence-corrected chi connectivity index (χ0v) is 31.8. The van der Waals surface area contributed by atoms with E-state index >= 15 is 0 Å². The maximum Gasteiger partial charge on any atom is 0.306 e. The summed E-state index contributed by atoms with van der Waals surface area (Å²) in [5, 5.41) is 11.6. The van der Waals surface area contributed by atoms with Gasteiger partial charge in [-0.15, -0.1) is 0 Å². The maximum atomic E-state index is 12.6. The highest BCUT2D eigenvalue weighted by Gasteiger charge is 2.25. The number of unbranched alkanes of at least 4 members (excludes halogenated alkanes) is 13. The predicted molar refractivity (Wildman–Crippen MR) is 199 cm³/mol. The van der Waals surface area contributed by atoms with Crippen molar-refractivity contribution >= 4 is 17.9 Å². The van der Waals surface area contributed by atoms with Gasteiger partial charge in [-0.3, -0.25) is 9.59 Å². The molecule has 0 fully saturated rings. The average molecular weight is 690 g/mol. The molecule has 0 aliphatic carbocycles. The Labute approximate surface area is 299 Å². The first kappa shape index (κ1) is 46.3. The van der Waals surface area contributed by atoms with Gasteiger partial charge in [0.2, 0.25) is 0 Å². The third kappa shape index (κ3) is 31.0. The molecule has 0 heterocycles. The Hall–Kier alpha value is -2.71. The summed E-state index contributed by atoms with van der Waals surface area (Å²) in [6.45, 7) is 4.49. The van der Waals surface area contributed by atoms with Crippen molar-refractivity contribution in [3.8, 4) is 0 Å². The highest BCUT2D eigenvalue weighted by atomic mass is 16.6. The van der Waals surface area contributed by atoms with Crippen LogP contribution < -0.4 is 5.11 Å². The molecule has 0 aromatic rings. The van der Waals surface area contributed by atoms with E-state index in [4.69, 9.17) is 14.2 Å². The molecule has 282 valence electrons. The van der Waals surface area contributed by atoms with Crippen LogP contribution in [0, 0.1) is 0 Å². The summed E-state index contributed by atoms with van der Waals surface area (Å²) in [5.41, 5.74) is 0. The van der Waals surface area contributed by atoms with Gasteiger partial charge in [0, 0.05) is 19.3 Å². The minimum absolute atomic E-state index is 0.0192. The molecular formula is C41H71NO7. The molecule has 0 aliphatic heterocycles. The Morgan fingerprint density at radius 1 is 0.612 bits per heavy atom. The lowest BCUT2D eigenvalue weighted by atomic mass is 10.1. The molecule has 0 N–H and O–H groups in total. The predicted octanol–water partition coefficient (Wildman–Crippen LogP) is 8.35. The summed E-state index contributed by atoms with van der Waals surface area (Å²) < 4.78 is 16.9. The first-order valence-electron chi connectivity index (χ1n) is 19.2. The molecular weight excluding hydrogens is 618 g/mol. The number of carbonyl (C=O) groups is 3. The van der Waals surface area contributed by atoms with Crippen molar-refractivity contribution in [3.05, 3.63) is 48.6 Å². The van der Waals surface area contributed by atoms with Crippen molar-refractivity contribution in [1.82, 2.24) is 0 Å². The topological polar surface area (TPSA) is 102 Å². The van der Waals surface area contributed by atoms with Gasteiger partial charge in [0.05, 0.1) is 40.3 Å². The zero-order chi connectivity index (χ0) is 36.4. The summed E-state index contributed by atoms with van der Waals surface area (Å²) in [7, 11) is 5.37. The van der Waals surface area contributed by atoms with Crippen LogP contribution in [0.3, 0.4) is 0 Å². The normalized spacial score (nSPS) is 13.6. The largest absolute Gasteiger partial charge is 0.544 e. The van der Waals surface area contributed by atoms with Crippen LogP contribution in [0.4, 0.5) is 0 Å². The molecule has 0 radical (unpaired) electrons. The van der Waals surface area contributed by atoms with Crippen LogP contribution in [-0.2, 0) is 28.6 Å². The standard InChI is InChI=1S/C41H71NO7/c1-6-8-10-12-14-15-16-17-18-19-20-21-22-23-24-26-28-30-32-40(44)49-37(35-47-34-33-38(41(45)46)42(3,4)5)36-48-39(43)31-29-27-25-13-11-9-7-2/h16-21,25,27,37-38H,6-15,22-24,26,28-36H2,1-5H3/b17-16+,19-18+,21-20+,27-25+. The minimum Gasteiger partial charge on any atom is -0.544 e. The van der Waals surface area contributed by atoms with E-state index in [0.29, 0.717) is 12.8 Å². The van der Waals surface area contributed by atoms with Gasteiger partial charge in [0.25, 0.3) is 0 Å². The Kier molecular flexibility index (Phi) is 30.7. The summed E-state index contributed by atoms with van der Waals surface area (Å²) in [4.78, 5) is 36.5. The monoisotopic (exact) mass is 690 g/mol. The number of hydrogen-bond donors (Lipinski definition) is 0. The fourth-order valence-electron chi connectivity index (χ4n) is 5.20. The first-order valence-corrected chi connectivity index (χ1v) is 19.2. The molecule has 0 aromatic heterocycles. The molecule has 0 aromatic carbocycles. The van der Waals surface area contributed by atoms with Crippen molar-refractivity contribution in [2.24, 2.45) is 0 Å². The van der Waals surface area contributed by atoms with Crippen LogP contribution >= 0.6 is 0 Å². The lowest BCUT2D eigenvalue weighted by Gasteiger charge is -2.34. The molecule has 0 saturated heterocycles. The second kappa shape index (κ2) is 32.5. The van der Waals surface area contributed by atoms with Crippen molar-refractivity contribution in [1.29, 1.82) is 0 Å². The Bertz CT molecular complexity index is 948. The van der Waals surface area contributed by atoms with Crippen LogP contribution in [0.5, 0.6) is 0 Å². The van der Waals surface area contributed by atoms with Crippen molar-refractivity contribution < 1.29 is 38.2 Å². The summed E-state index contributed by atoms with van der Waals surface area (Å²) >= 11 is 0. The van der Waals surface area contributed by atoms with E-state index in [1.54, 1.807) is 21.1 Å². The number of rotatable bonds is 33. The van der Waals surface area contributed by atoms with Gasteiger partial charge in [-0.05, 0) is 51.4 Å². The number of quaternary nitrogens is 1. The second-order valence-corrected chi connectivity index (χ2v) is 13.9. The zero-order valence-electron chi connectivity index (χ0n) is 31.8. The molecule has 0 aliphatic rings. The molecule has 0 spiro atoms. The smallest absolute Gasteiger partial charge is 0.306 e. The van der Waals surface area contributed by atoms with Gasteiger partial charge < -0.3 is 28.6 Å². The summed E-state index contributed by atoms with van der Waals surface area (Å²) in [6.07, 6.45) is 35.9. The van der Waals surface area contributed by atoms with E-state index in [1.165, 1.54) is 44.9 Å². The van der Waals surface area contributed by atoms with E-state index in [-0.39, 0.29) is 49.1 Å². The van der Waals surface area contributed by atoms with E-state index in [9.17, 15) is 19.5 Å². The summed E-state index contributed by atoms with van der Waals surface area (Å²) in [6, 6.07) is -0.733. The van der Waals surface area contributed by atoms with Crippen LogP contribution in [0.25, 0.3) is 0 Å². The molecule has 2 unspecified atom stereocenters. The van der Waals surface area contributed by atoms with Crippen molar-refractivity contribution in [2.45, 2.75) is 154 Å². The van der Waals surface area contributed by atoms with E-state index in [0.717, 1.165) is 57.8 Å². The fraction of sp³-hybridized carbons (Fsp3) is 0.732. The average Bonchev–Trinajstić information content (AvgIpc) is 3.05. The van der Waals surface area contributed by atoms with E-state index in [1.807, 2.05) is 6.08 Å². The Balaban J connectivity index is 4.42. The number of likely N-dealkylation sites (N-methyl/N-ethyl adjacent to an activating group) is 1. The maximum absolute atomic E-state index is 12.6. The lowest BCUT2D eigenvalue weighted by molar-refractivity contribution is -0.889. The molecule has 8 heteroatoms. The third-order valence-corrected chi connectivity index (χ3v) is 8.26. The van der Waals surface area contributed by atoms with Gasteiger partial charge in [-0.25, -0.2) is 0 Å². The fourth-order valence-corrected chi connectivity index (χ4v) is 5.20. The second-order valence-electron chi connectivity index (χ2n) is 13.9. The number of carboxylic acid groups (broad SMARTS) is 1. The molecule has 0 rings (SSSR count).